The third-order valence-electron chi connectivity index (χ3n) is 4.04. The number of nitrogens with two attached hydrogens (primary N) is 1. The Morgan fingerprint density at radius 2 is 2.04 bits per heavy atom. The number of hydrogen-bond donors (Lipinski definition) is 2. The van der Waals surface area contributed by atoms with Crippen LogP contribution in [0.3, 0.4) is 0 Å². The van der Waals surface area contributed by atoms with E-state index in [9.17, 15) is 5.11 Å². The number of hydrogen-bond acceptors (Lipinski definition) is 8. The van der Waals surface area contributed by atoms with E-state index in [0.29, 0.717) is 28.6 Å². The summed E-state index contributed by atoms with van der Waals surface area (Å²) in [5, 5.41) is 18.8. The van der Waals surface area contributed by atoms with Gasteiger partial charge in [-0.05, 0) is 25.1 Å². The van der Waals surface area contributed by atoms with Gasteiger partial charge < -0.3 is 15.3 Å². The monoisotopic (exact) mass is 372 g/mol. The summed E-state index contributed by atoms with van der Waals surface area (Å²) in [5.41, 5.74) is 6.57. The molecule has 1 aromatic carbocycles. The second-order valence-electron chi connectivity index (χ2n) is 6.35. The van der Waals surface area contributed by atoms with Gasteiger partial charge in [0.1, 0.15) is 5.82 Å². The molecule has 0 saturated carbocycles. The first-order chi connectivity index (χ1) is 13.4. The van der Waals surface area contributed by atoms with Crippen LogP contribution in [0.4, 0.5) is 5.82 Å². The Kier molecular flexibility index (Phi) is 4.22. The molecule has 1 atom stereocenters. The van der Waals surface area contributed by atoms with Gasteiger partial charge in [0, 0.05) is 29.6 Å². The van der Waals surface area contributed by atoms with Crippen molar-refractivity contribution in [2.45, 2.75) is 19.4 Å². The van der Waals surface area contributed by atoms with Crippen molar-refractivity contribution in [3.05, 3.63) is 60.1 Å². The van der Waals surface area contributed by atoms with Crippen molar-refractivity contribution >= 4 is 16.7 Å². The van der Waals surface area contributed by atoms with Crippen LogP contribution in [-0.2, 0) is 5.60 Å². The summed E-state index contributed by atoms with van der Waals surface area (Å²) < 4.78 is 5.27. The van der Waals surface area contributed by atoms with Crippen molar-refractivity contribution < 1.29 is 9.52 Å². The number of benzene rings is 1. The number of aryl methyl sites for hydroxylation is 1. The maximum absolute atomic E-state index is 10.5. The van der Waals surface area contributed by atoms with E-state index in [1.807, 2.05) is 24.3 Å². The molecule has 28 heavy (non-hydrogen) atoms. The van der Waals surface area contributed by atoms with Crippen LogP contribution >= 0.6 is 0 Å². The number of aromatic nitrogens is 5. The van der Waals surface area contributed by atoms with Gasteiger partial charge in [0.25, 0.3) is 5.89 Å². The Labute approximate surface area is 160 Å². The van der Waals surface area contributed by atoms with E-state index < -0.39 is 5.60 Å². The summed E-state index contributed by atoms with van der Waals surface area (Å²) in [5.74, 6) is 6.95. The van der Waals surface area contributed by atoms with Crippen LogP contribution in [-0.4, -0.2) is 30.3 Å². The van der Waals surface area contributed by atoms with Crippen molar-refractivity contribution in [3.8, 4) is 23.2 Å². The van der Waals surface area contributed by atoms with E-state index in [2.05, 4.69) is 37.0 Å². The van der Waals surface area contributed by atoms with Crippen LogP contribution in [0, 0.1) is 18.8 Å². The average molecular weight is 372 g/mol. The standard InChI is InChI=1S/C20H16N6O2/c1-12-25-26-19(28-12)20(2,27)8-6-13-4-3-5-14(10-13)18-23-16-11-22-9-7-15(16)17(21)24-18/h3-5,7,9-11,27H,1-2H3,(H2,21,23,24)/t20-/m1/s1. The predicted molar refractivity (Wildman–Crippen MR) is 103 cm³/mol. The molecule has 3 aromatic heterocycles. The van der Waals surface area contributed by atoms with Crippen LogP contribution in [0.15, 0.2) is 47.1 Å². The fourth-order valence-electron chi connectivity index (χ4n) is 2.61. The lowest BCUT2D eigenvalue weighted by Gasteiger charge is -2.10. The topological polar surface area (TPSA) is 124 Å². The molecular formula is C20H16N6O2. The molecule has 0 saturated heterocycles. The third-order valence-corrected chi connectivity index (χ3v) is 4.04. The molecule has 0 spiro atoms. The summed E-state index contributed by atoms with van der Waals surface area (Å²) in [6.07, 6.45) is 3.29. The minimum atomic E-state index is -1.56. The average Bonchev–Trinajstić information content (AvgIpc) is 3.14. The molecule has 0 aliphatic carbocycles. The molecule has 0 bridgehead atoms. The molecule has 0 amide bonds. The van der Waals surface area contributed by atoms with E-state index in [4.69, 9.17) is 10.2 Å². The van der Waals surface area contributed by atoms with Crippen molar-refractivity contribution in [3.63, 3.8) is 0 Å². The number of anilines is 1. The van der Waals surface area contributed by atoms with E-state index in [0.717, 1.165) is 10.9 Å². The summed E-state index contributed by atoms with van der Waals surface area (Å²) >= 11 is 0. The molecule has 0 fully saturated rings. The maximum Gasteiger partial charge on any atom is 0.260 e. The molecule has 3 N–H and O–H groups in total. The van der Waals surface area contributed by atoms with Gasteiger partial charge in [-0.15, -0.1) is 10.2 Å². The van der Waals surface area contributed by atoms with Crippen molar-refractivity contribution in [1.82, 2.24) is 25.1 Å². The fraction of sp³-hybridized carbons (Fsp3) is 0.150. The Morgan fingerprint density at radius 3 is 2.82 bits per heavy atom. The maximum atomic E-state index is 10.5. The minimum absolute atomic E-state index is 0.0480. The molecule has 0 unspecified atom stereocenters. The predicted octanol–water partition coefficient (Wildman–Crippen LogP) is 2.22. The highest BCUT2D eigenvalue weighted by atomic mass is 16.4. The smallest absolute Gasteiger partial charge is 0.260 e. The van der Waals surface area contributed by atoms with Gasteiger partial charge in [0.15, 0.2) is 5.82 Å². The molecule has 4 rings (SSSR count). The zero-order chi connectivity index (χ0) is 19.7. The number of rotatable bonds is 2. The van der Waals surface area contributed by atoms with Gasteiger partial charge in [-0.2, -0.15) is 0 Å². The molecule has 8 heteroatoms. The molecule has 0 aliphatic rings. The van der Waals surface area contributed by atoms with Gasteiger partial charge in [-0.1, -0.05) is 24.0 Å². The van der Waals surface area contributed by atoms with Gasteiger partial charge in [0.2, 0.25) is 11.5 Å². The highest BCUT2D eigenvalue weighted by Crippen LogP contribution is 2.23. The molecule has 138 valence electrons. The van der Waals surface area contributed by atoms with E-state index in [-0.39, 0.29) is 5.89 Å². The van der Waals surface area contributed by atoms with Crippen molar-refractivity contribution in [2.24, 2.45) is 0 Å². The van der Waals surface area contributed by atoms with Crippen LogP contribution in [0.5, 0.6) is 0 Å². The van der Waals surface area contributed by atoms with Gasteiger partial charge in [-0.25, -0.2) is 9.97 Å². The zero-order valence-corrected chi connectivity index (χ0v) is 15.2. The highest BCUT2D eigenvalue weighted by molar-refractivity contribution is 5.88. The Balaban J connectivity index is 1.70. The molecule has 0 aliphatic heterocycles. The van der Waals surface area contributed by atoms with E-state index >= 15 is 0 Å². The third kappa shape index (κ3) is 3.39. The second kappa shape index (κ2) is 6.72. The van der Waals surface area contributed by atoms with E-state index in [1.54, 1.807) is 25.4 Å². The summed E-state index contributed by atoms with van der Waals surface area (Å²) in [4.78, 5) is 13.0. The number of fused-ring (bicyclic) bond motifs is 1. The Bertz CT molecular complexity index is 1240. The molecule has 0 radical (unpaired) electrons. The second-order valence-corrected chi connectivity index (χ2v) is 6.35. The van der Waals surface area contributed by atoms with Crippen LogP contribution in [0.25, 0.3) is 22.3 Å². The lowest BCUT2D eigenvalue weighted by atomic mass is 10.1. The van der Waals surface area contributed by atoms with Crippen molar-refractivity contribution in [2.75, 3.05) is 5.73 Å². The Morgan fingerprint density at radius 1 is 1.18 bits per heavy atom. The quantitative estimate of drug-likeness (QED) is 0.513. The molecule has 4 aromatic rings. The lowest BCUT2D eigenvalue weighted by Crippen LogP contribution is -2.19. The van der Waals surface area contributed by atoms with Crippen molar-refractivity contribution in [1.29, 1.82) is 0 Å². The lowest BCUT2D eigenvalue weighted by molar-refractivity contribution is 0.0881. The SMILES string of the molecule is Cc1nnc([C@](C)(O)C#Cc2cccc(-c3nc(N)c4ccncc4n3)c2)o1. The fourth-order valence-corrected chi connectivity index (χ4v) is 2.61. The molecule has 3 heterocycles. The number of nitrogens with zero attached hydrogens (tertiary/aromatic N) is 5. The van der Waals surface area contributed by atoms with Crippen LogP contribution in [0.1, 0.15) is 24.3 Å². The summed E-state index contributed by atoms with van der Waals surface area (Å²) in [6.45, 7) is 3.14. The van der Waals surface area contributed by atoms with Crippen LogP contribution < -0.4 is 5.73 Å². The van der Waals surface area contributed by atoms with E-state index in [1.165, 1.54) is 6.92 Å². The molecular weight excluding hydrogens is 356 g/mol. The first-order valence-electron chi connectivity index (χ1n) is 8.46. The Hall–Kier alpha value is -3.83. The van der Waals surface area contributed by atoms with Gasteiger partial charge in [0.05, 0.1) is 11.7 Å². The van der Waals surface area contributed by atoms with Crippen LogP contribution in [0.2, 0.25) is 0 Å². The number of pyridine rings is 1. The summed E-state index contributed by atoms with van der Waals surface area (Å²) in [6, 6.07) is 9.11. The largest absolute Gasteiger partial charge is 0.421 e. The molecule has 8 nitrogen and oxygen atoms in total. The summed E-state index contributed by atoms with van der Waals surface area (Å²) in [7, 11) is 0. The normalized spacial score (nSPS) is 13.0. The number of aliphatic hydroxyl groups is 1. The van der Waals surface area contributed by atoms with Gasteiger partial charge in [-0.3, -0.25) is 4.98 Å². The first-order valence-corrected chi connectivity index (χ1v) is 8.46. The minimum Gasteiger partial charge on any atom is -0.421 e. The highest BCUT2D eigenvalue weighted by Gasteiger charge is 2.27. The zero-order valence-electron chi connectivity index (χ0n) is 15.2. The van der Waals surface area contributed by atoms with Gasteiger partial charge >= 0.3 is 0 Å². The first kappa shape index (κ1) is 17.6. The number of nitrogen functional groups attached to an aromatic ring is 1.